The van der Waals surface area contributed by atoms with Crippen molar-refractivity contribution in [3.63, 3.8) is 0 Å². The van der Waals surface area contributed by atoms with Gasteiger partial charge < -0.3 is 11.1 Å². The Balaban J connectivity index is 2.22. The second-order valence-electron chi connectivity index (χ2n) is 3.66. The van der Waals surface area contributed by atoms with Crippen molar-refractivity contribution in [2.45, 2.75) is 0 Å². The molecule has 6 heteroatoms. The quantitative estimate of drug-likeness (QED) is 0.504. The van der Waals surface area contributed by atoms with Crippen LogP contribution in [0.15, 0.2) is 42.5 Å². The summed E-state index contributed by atoms with van der Waals surface area (Å²) < 4.78 is 0. The molecule has 0 atom stereocenters. The van der Waals surface area contributed by atoms with E-state index in [9.17, 15) is 10.1 Å². The van der Waals surface area contributed by atoms with Crippen LogP contribution in [0.2, 0.25) is 5.02 Å². The van der Waals surface area contributed by atoms with Crippen LogP contribution in [-0.2, 0) is 0 Å². The van der Waals surface area contributed by atoms with Gasteiger partial charge in [-0.25, -0.2) is 0 Å². The number of nitro groups is 1. The summed E-state index contributed by atoms with van der Waals surface area (Å²) in [6.45, 7) is 0. The first-order valence-corrected chi connectivity index (χ1v) is 5.50. The molecule has 0 aliphatic rings. The van der Waals surface area contributed by atoms with Crippen LogP contribution in [0.25, 0.3) is 0 Å². The van der Waals surface area contributed by atoms with E-state index in [1.54, 1.807) is 30.3 Å². The fourth-order valence-electron chi connectivity index (χ4n) is 1.50. The number of hydrogen-bond acceptors (Lipinski definition) is 4. The molecule has 0 saturated carbocycles. The molecule has 18 heavy (non-hydrogen) atoms. The van der Waals surface area contributed by atoms with E-state index < -0.39 is 4.92 Å². The van der Waals surface area contributed by atoms with Gasteiger partial charge in [0.2, 0.25) is 0 Å². The molecule has 0 bridgehead atoms. The minimum atomic E-state index is -0.512. The minimum Gasteiger partial charge on any atom is -0.393 e. The zero-order valence-electron chi connectivity index (χ0n) is 9.26. The highest BCUT2D eigenvalue weighted by Gasteiger charge is 2.10. The first-order valence-electron chi connectivity index (χ1n) is 5.13. The Bertz CT molecular complexity index is 584. The first kappa shape index (κ1) is 12.2. The molecule has 0 spiro atoms. The molecule has 0 heterocycles. The smallest absolute Gasteiger partial charge is 0.292 e. The topological polar surface area (TPSA) is 81.2 Å². The molecule has 0 aliphatic carbocycles. The Morgan fingerprint density at radius 1 is 1.11 bits per heavy atom. The number of nitrogen functional groups attached to an aromatic ring is 1. The Hall–Kier alpha value is -2.27. The summed E-state index contributed by atoms with van der Waals surface area (Å²) in [6, 6.07) is 11.6. The third-order valence-electron chi connectivity index (χ3n) is 2.36. The standard InChI is InChI=1S/C12H10ClN3O2/c13-8-1-3-9(4-2-8)15-10-5-6-12(16(17)18)11(14)7-10/h1-7,15H,14H2. The van der Waals surface area contributed by atoms with Crippen LogP contribution < -0.4 is 11.1 Å². The summed E-state index contributed by atoms with van der Waals surface area (Å²) in [5.74, 6) is 0. The molecule has 2 aromatic carbocycles. The molecule has 0 amide bonds. The number of anilines is 3. The SMILES string of the molecule is Nc1cc(Nc2ccc(Cl)cc2)ccc1[N+](=O)[O-]. The molecule has 0 fully saturated rings. The number of benzene rings is 2. The molecule has 0 aromatic heterocycles. The van der Waals surface area contributed by atoms with Gasteiger partial charge in [-0.3, -0.25) is 10.1 Å². The summed E-state index contributed by atoms with van der Waals surface area (Å²) in [4.78, 5) is 10.1. The average Bonchev–Trinajstić information content (AvgIpc) is 2.32. The van der Waals surface area contributed by atoms with Crippen molar-refractivity contribution in [2.75, 3.05) is 11.1 Å². The van der Waals surface area contributed by atoms with Crippen LogP contribution in [0.1, 0.15) is 0 Å². The van der Waals surface area contributed by atoms with Gasteiger partial charge in [0.05, 0.1) is 4.92 Å². The molecule has 0 unspecified atom stereocenters. The highest BCUT2D eigenvalue weighted by atomic mass is 35.5. The number of nitrogens with one attached hydrogen (secondary N) is 1. The van der Waals surface area contributed by atoms with Crippen LogP contribution in [0.3, 0.4) is 0 Å². The van der Waals surface area contributed by atoms with E-state index in [2.05, 4.69) is 5.32 Å². The van der Waals surface area contributed by atoms with Gasteiger partial charge in [0.25, 0.3) is 5.69 Å². The van der Waals surface area contributed by atoms with E-state index in [1.165, 1.54) is 12.1 Å². The lowest BCUT2D eigenvalue weighted by atomic mass is 10.2. The molecule has 3 N–H and O–H groups in total. The summed E-state index contributed by atoms with van der Waals surface area (Å²) >= 11 is 5.77. The predicted molar refractivity (Wildman–Crippen MR) is 72.2 cm³/mol. The average molecular weight is 264 g/mol. The Labute approximate surface area is 108 Å². The van der Waals surface area contributed by atoms with E-state index in [1.807, 2.05) is 0 Å². The van der Waals surface area contributed by atoms with Gasteiger partial charge in [-0.15, -0.1) is 0 Å². The molecular weight excluding hydrogens is 254 g/mol. The second kappa shape index (κ2) is 4.93. The van der Waals surface area contributed by atoms with Gasteiger partial charge in [0, 0.05) is 22.5 Å². The zero-order chi connectivity index (χ0) is 13.1. The van der Waals surface area contributed by atoms with E-state index in [4.69, 9.17) is 17.3 Å². The fraction of sp³-hybridized carbons (Fsp3) is 0. The van der Waals surface area contributed by atoms with E-state index >= 15 is 0 Å². The van der Waals surface area contributed by atoms with Gasteiger partial charge in [0.15, 0.2) is 0 Å². The number of nitro benzene ring substituents is 1. The lowest BCUT2D eigenvalue weighted by Gasteiger charge is -2.07. The Morgan fingerprint density at radius 3 is 2.28 bits per heavy atom. The molecule has 0 aliphatic heterocycles. The van der Waals surface area contributed by atoms with Crippen LogP contribution in [0.4, 0.5) is 22.7 Å². The maximum absolute atomic E-state index is 10.6. The summed E-state index contributed by atoms with van der Waals surface area (Å²) in [5.41, 5.74) is 7.13. The molecular formula is C12H10ClN3O2. The second-order valence-corrected chi connectivity index (χ2v) is 4.10. The molecule has 0 saturated heterocycles. The first-order chi connectivity index (χ1) is 8.56. The zero-order valence-corrected chi connectivity index (χ0v) is 10.0. The molecule has 92 valence electrons. The minimum absolute atomic E-state index is 0.100. The molecule has 0 radical (unpaired) electrons. The van der Waals surface area contributed by atoms with Gasteiger partial charge in [-0.05, 0) is 36.4 Å². The van der Waals surface area contributed by atoms with E-state index in [-0.39, 0.29) is 11.4 Å². The fourth-order valence-corrected chi connectivity index (χ4v) is 1.62. The monoisotopic (exact) mass is 263 g/mol. The highest BCUT2D eigenvalue weighted by molar-refractivity contribution is 6.30. The van der Waals surface area contributed by atoms with Gasteiger partial charge in [-0.2, -0.15) is 0 Å². The number of hydrogen-bond donors (Lipinski definition) is 2. The van der Waals surface area contributed by atoms with Crippen LogP contribution in [-0.4, -0.2) is 4.92 Å². The third-order valence-corrected chi connectivity index (χ3v) is 2.61. The normalized spacial score (nSPS) is 10.1. The van der Waals surface area contributed by atoms with Gasteiger partial charge >= 0.3 is 0 Å². The number of rotatable bonds is 3. The van der Waals surface area contributed by atoms with Crippen LogP contribution in [0.5, 0.6) is 0 Å². The maximum atomic E-state index is 10.6. The third kappa shape index (κ3) is 2.70. The number of nitrogens with two attached hydrogens (primary N) is 1. The van der Waals surface area contributed by atoms with Crippen molar-refractivity contribution in [1.82, 2.24) is 0 Å². The Kier molecular flexibility index (Phi) is 3.34. The van der Waals surface area contributed by atoms with Crippen molar-refractivity contribution in [3.05, 3.63) is 57.6 Å². The number of halogens is 1. The van der Waals surface area contributed by atoms with Crippen LogP contribution >= 0.6 is 11.6 Å². The Morgan fingerprint density at radius 2 is 1.72 bits per heavy atom. The van der Waals surface area contributed by atoms with Gasteiger partial charge in [0.1, 0.15) is 5.69 Å². The molecule has 2 rings (SSSR count). The summed E-state index contributed by atoms with van der Waals surface area (Å²) in [7, 11) is 0. The maximum Gasteiger partial charge on any atom is 0.292 e. The lowest BCUT2D eigenvalue weighted by molar-refractivity contribution is -0.383. The summed E-state index contributed by atoms with van der Waals surface area (Å²) in [5, 5.41) is 14.3. The molecule has 5 nitrogen and oxygen atoms in total. The van der Waals surface area contributed by atoms with Crippen molar-refractivity contribution >= 4 is 34.4 Å². The van der Waals surface area contributed by atoms with E-state index in [0.717, 1.165) is 5.69 Å². The van der Waals surface area contributed by atoms with Crippen molar-refractivity contribution in [2.24, 2.45) is 0 Å². The van der Waals surface area contributed by atoms with E-state index in [0.29, 0.717) is 10.7 Å². The van der Waals surface area contributed by atoms with Crippen molar-refractivity contribution < 1.29 is 4.92 Å². The number of nitrogens with zero attached hydrogens (tertiary/aromatic N) is 1. The predicted octanol–water partition coefficient (Wildman–Crippen LogP) is 3.57. The lowest BCUT2D eigenvalue weighted by Crippen LogP contribution is -1.97. The van der Waals surface area contributed by atoms with Crippen molar-refractivity contribution in [3.8, 4) is 0 Å². The van der Waals surface area contributed by atoms with Gasteiger partial charge in [-0.1, -0.05) is 11.6 Å². The van der Waals surface area contributed by atoms with Crippen molar-refractivity contribution in [1.29, 1.82) is 0 Å². The largest absolute Gasteiger partial charge is 0.393 e. The summed E-state index contributed by atoms with van der Waals surface area (Å²) in [6.07, 6.45) is 0. The highest BCUT2D eigenvalue weighted by Crippen LogP contribution is 2.27. The molecule has 2 aromatic rings. The van der Waals surface area contributed by atoms with Crippen LogP contribution in [0, 0.1) is 10.1 Å².